The third-order valence-electron chi connectivity index (χ3n) is 4.24. The monoisotopic (exact) mass is 438 g/mol. The van der Waals surface area contributed by atoms with Gasteiger partial charge in [0.2, 0.25) is 5.91 Å². The molecule has 148 valence electrons. The molecule has 3 rings (SSSR count). The van der Waals surface area contributed by atoms with Gasteiger partial charge in [0, 0.05) is 36.0 Å². The predicted molar refractivity (Wildman–Crippen MR) is 110 cm³/mol. The molecule has 6 nitrogen and oxygen atoms in total. The average Bonchev–Trinajstić information content (AvgIpc) is 2.87. The van der Waals surface area contributed by atoms with Gasteiger partial charge in [-0.2, -0.15) is 11.8 Å². The van der Waals surface area contributed by atoms with Crippen molar-refractivity contribution in [2.75, 3.05) is 18.8 Å². The molecule has 0 atom stereocenters. The number of benzene rings is 2. The van der Waals surface area contributed by atoms with Gasteiger partial charge in [0.25, 0.3) is 15.9 Å². The van der Waals surface area contributed by atoms with E-state index in [2.05, 4.69) is 5.32 Å². The lowest BCUT2D eigenvalue weighted by molar-refractivity contribution is -0.120. The molecular weight excluding hydrogens is 420 g/mol. The largest absolute Gasteiger partial charge is 0.355 e. The van der Waals surface area contributed by atoms with E-state index in [1.165, 1.54) is 12.1 Å². The number of carbonyl (C=O) groups excluding carboxylic acids is 2. The molecule has 0 unspecified atom stereocenters. The highest BCUT2D eigenvalue weighted by Crippen LogP contribution is 2.29. The van der Waals surface area contributed by atoms with Gasteiger partial charge in [-0.3, -0.25) is 9.59 Å². The Balaban J connectivity index is 1.42. The number of nitrogens with one attached hydrogen (secondary N) is 1. The fraction of sp³-hybridized carbons (Fsp3) is 0.263. The van der Waals surface area contributed by atoms with Crippen molar-refractivity contribution in [1.82, 2.24) is 9.62 Å². The summed E-state index contributed by atoms with van der Waals surface area (Å²) in [5.74, 6) is 0.563. The Hall–Kier alpha value is -2.03. The van der Waals surface area contributed by atoms with Crippen molar-refractivity contribution in [2.24, 2.45) is 0 Å². The van der Waals surface area contributed by atoms with Gasteiger partial charge in [-0.15, -0.1) is 0 Å². The first kappa shape index (κ1) is 20.7. The molecule has 1 heterocycles. The molecule has 0 aromatic heterocycles. The summed E-state index contributed by atoms with van der Waals surface area (Å²) in [6.07, 6.45) is -0.0753. The van der Waals surface area contributed by atoms with E-state index in [1.807, 2.05) is 24.3 Å². The van der Waals surface area contributed by atoms with E-state index >= 15 is 0 Å². The molecule has 1 N–H and O–H groups in total. The summed E-state index contributed by atoms with van der Waals surface area (Å²) in [5, 5.41) is 3.46. The Morgan fingerprint density at radius 3 is 2.57 bits per heavy atom. The van der Waals surface area contributed by atoms with E-state index in [4.69, 9.17) is 11.6 Å². The topological polar surface area (TPSA) is 83.6 Å². The van der Waals surface area contributed by atoms with Gasteiger partial charge in [0.1, 0.15) is 4.90 Å². The first-order valence-electron chi connectivity index (χ1n) is 8.65. The van der Waals surface area contributed by atoms with Crippen LogP contribution in [0.5, 0.6) is 0 Å². The average molecular weight is 439 g/mol. The van der Waals surface area contributed by atoms with E-state index in [-0.39, 0.29) is 29.3 Å². The summed E-state index contributed by atoms with van der Waals surface area (Å²) in [7, 11) is -3.87. The molecule has 0 saturated carbocycles. The number of amides is 2. The molecule has 1 aliphatic heterocycles. The summed E-state index contributed by atoms with van der Waals surface area (Å²) in [5.41, 5.74) is 1.19. The molecule has 2 amide bonds. The summed E-state index contributed by atoms with van der Waals surface area (Å²) in [4.78, 5) is 24.3. The second-order valence-corrected chi connectivity index (χ2v) is 9.47. The normalized spacial score (nSPS) is 14.8. The van der Waals surface area contributed by atoms with E-state index in [0.717, 1.165) is 20.6 Å². The predicted octanol–water partition coefficient (Wildman–Crippen LogP) is 2.92. The first-order chi connectivity index (χ1) is 13.4. The van der Waals surface area contributed by atoms with Crippen molar-refractivity contribution < 1.29 is 18.0 Å². The number of sulfonamides is 1. The Morgan fingerprint density at radius 1 is 1.11 bits per heavy atom. The first-order valence-corrected chi connectivity index (χ1v) is 11.6. The van der Waals surface area contributed by atoms with Crippen LogP contribution in [0.15, 0.2) is 53.4 Å². The van der Waals surface area contributed by atoms with Crippen molar-refractivity contribution in [3.05, 3.63) is 64.7 Å². The van der Waals surface area contributed by atoms with Crippen molar-refractivity contribution in [2.45, 2.75) is 17.1 Å². The van der Waals surface area contributed by atoms with Crippen LogP contribution in [0, 0.1) is 0 Å². The quantitative estimate of drug-likeness (QED) is 0.640. The molecule has 0 aliphatic carbocycles. The fourth-order valence-corrected chi connectivity index (χ4v) is 5.52. The maximum Gasteiger partial charge on any atom is 0.269 e. The Bertz CT molecular complexity index is 995. The van der Waals surface area contributed by atoms with Gasteiger partial charge in [-0.1, -0.05) is 41.9 Å². The zero-order valence-electron chi connectivity index (χ0n) is 14.9. The number of halogens is 1. The lowest BCUT2D eigenvalue weighted by atomic mass is 10.2. The molecule has 0 spiro atoms. The second-order valence-electron chi connectivity index (χ2n) is 6.12. The fourth-order valence-electron chi connectivity index (χ4n) is 2.80. The molecule has 2 aromatic carbocycles. The van der Waals surface area contributed by atoms with Crippen LogP contribution < -0.4 is 5.32 Å². The van der Waals surface area contributed by atoms with Crippen LogP contribution >= 0.6 is 23.4 Å². The van der Waals surface area contributed by atoms with E-state index in [9.17, 15) is 18.0 Å². The number of nitrogens with zero attached hydrogens (tertiary/aromatic N) is 1. The van der Waals surface area contributed by atoms with Crippen molar-refractivity contribution in [1.29, 1.82) is 0 Å². The lowest BCUT2D eigenvalue weighted by Crippen LogP contribution is -2.35. The second kappa shape index (κ2) is 8.98. The Kier molecular flexibility index (Phi) is 6.64. The summed E-state index contributed by atoms with van der Waals surface area (Å²) >= 11 is 7.73. The molecule has 2 aromatic rings. The molecule has 9 heteroatoms. The molecule has 1 aliphatic rings. The van der Waals surface area contributed by atoms with Crippen LogP contribution in [-0.4, -0.2) is 43.4 Å². The van der Waals surface area contributed by atoms with Crippen LogP contribution in [0.2, 0.25) is 5.02 Å². The lowest BCUT2D eigenvalue weighted by Gasteiger charge is -2.14. The van der Waals surface area contributed by atoms with Crippen molar-refractivity contribution in [3.8, 4) is 0 Å². The number of thioether (sulfide) groups is 1. The Labute approximate surface area is 173 Å². The van der Waals surface area contributed by atoms with E-state index in [0.29, 0.717) is 12.3 Å². The highest BCUT2D eigenvalue weighted by Gasteiger charge is 2.40. The number of hydrogen-bond donors (Lipinski definition) is 1. The van der Waals surface area contributed by atoms with Gasteiger partial charge < -0.3 is 5.32 Å². The highest BCUT2D eigenvalue weighted by molar-refractivity contribution is 7.98. The van der Waals surface area contributed by atoms with Gasteiger partial charge >= 0.3 is 0 Å². The zero-order chi connectivity index (χ0) is 20.1. The number of fused-ring (bicyclic) bond motifs is 1. The SMILES string of the molecule is O=C(CCN1C(=O)c2ccccc2S1(=O)=O)NCCSCc1ccccc1Cl. The number of hydrogen-bond acceptors (Lipinski definition) is 5. The molecule has 28 heavy (non-hydrogen) atoms. The highest BCUT2D eigenvalue weighted by atomic mass is 35.5. The summed E-state index contributed by atoms with van der Waals surface area (Å²) in [6.45, 7) is 0.281. The number of rotatable bonds is 8. The van der Waals surface area contributed by atoms with Crippen LogP contribution in [0.3, 0.4) is 0 Å². The summed E-state index contributed by atoms with van der Waals surface area (Å²) < 4.78 is 25.6. The van der Waals surface area contributed by atoms with Crippen LogP contribution in [0.4, 0.5) is 0 Å². The molecular formula is C19H19ClN2O4S2. The third-order valence-corrected chi connectivity index (χ3v) is 7.46. The van der Waals surface area contributed by atoms with E-state index < -0.39 is 15.9 Å². The van der Waals surface area contributed by atoms with Crippen molar-refractivity contribution in [3.63, 3.8) is 0 Å². The number of carbonyl (C=O) groups is 2. The zero-order valence-corrected chi connectivity index (χ0v) is 17.3. The van der Waals surface area contributed by atoms with Gasteiger partial charge in [-0.25, -0.2) is 12.7 Å². The van der Waals surface area contributed by atoms with Crippen LogP contribution in [0.25, 0.3) is 0 Å². The van der Waals surface area contributed by atoms with Crippen LogP contribution in [-0.2, 0) is 20.6 Å². The van der Waals surface area contributed by atoms with Gasteiger partial charge in [0.15, 0.2) is 0 Å². The van der Waals surface area contributed by atoms with E-state index in [1.54, 1.807) is 23.9 Å². The van der Waals surface area contributed by atoms with Gasteiger partial charge in [-0.05, 0) is 23.8 Å². The standard InChI is InChI=1S/C19H19ClN2O4S2/c20-16-7-3-1-5-14(16)13-27-12-10-21-18(23)9-11-22-19(24)15-6-2-4-8-17(15)28(22,25)26/h1-8H,9-13H2,(H,21,23). The molecule has 0 saturated heterocycles. The Morgan fingerprint density at radius 2 is 1.82 bits per heavy atom. The van der Waals surface area contributed by atoms with Crippen molar-refractivity contribution >= 4 is 45.2 Å². The van der Waals surface area contributed by atoms with Crippen LogP contribution in [0.1, 0.15) is 22.3 Å². The molecule has 0 bridgehead atoms. The minimum atomic E-state index is -3.87. The third kappa shape index (κ3) is 4.51. The molecule has 0 radical (unpaired) electrons. The minimum absolute atomic E-state index is 0.00335. The smallest absolute Gasteiger partial charge is 0.269 e. The minimum Gasteiger partial charge on any atom is -0.355 e. The van der Waals surface area contributed by atoms with Gasteiger partial charge in [0.05, 0.1) is 5.56 Å². The molecule has 0 fully saturated rings. The maximum absolute atomic E-state index is 12.4. The maximum atomic E-state index is 12.4. The summed E-state index contributed by atoms with van der Waals surface area (Å²) in [6, 6.07) is 13.7.